The molecule has 1 spiro atoms. The summed E-state index contributed by atoms with van der Waals surface area (Å²) in [6, 6.07) is 11.4. The Bertz CT molecular complexity index is 1910. The molecule has 45 heavy (non-hydrogen) atoms. The van der Waals surface area contributed by atoms with Gasteiger partial charge in [-0.1, -0.05) is 11.3 Å². The molecule has 1 aliphatic carbocycles. The zero-order valence-corrected chi connectivity index (χ0v) is 26.2. The molecule has 7 rings (SSSR count). The van der Waals surface area contributed by atoms with E-state index in [-0.39, 0.29) is 22.7 Å². The van der Waals surface area contributed by atoms with E-state index >= 15 is 4.39 Å². The predicted octanol–water partition coefficient (Wildman–Crippen LogP) is 4.85. The summed E-state index contributed by atoms with van der Waals surface area (Å²) >= 11 is 1.18. The molecule has 12 heteroatoms. The Morgan fingerprint density at radius 2 is 1.82 bits per heavy atom. The fraction of sp³-hybridized carbons (Fsp3) is 0.394. The standard InChI is InChI=1S/C33H32F2N6O3S/c1-31(2,43)29(42)41-16-33(17-41)14-40(15-33)20-11-22-26(23(35)12-20)37-28-21(9-10-32(28,3)44)27(22)39(4)30-38-25(24(13-36)45-30)18-5-7-19(34)8-6-18/h5-8,11-12,43-44H,9-10,14-17H2,1-4H3/t32-/m0/s1. The SMILES string of the molecule is CN(c1nc(-c2ccc(F)cc2)c(C#N)s1)c1c2c(nc3c(F)cc(N4CC5(CN(C(=O)C(C)(C)O)C5)C4)cc13)[C@@](C)(O)CC2. The minimum absolute atomic E-state index is 0.0911. The summed E-state index contributed by atoms with van der Waals surface area (Å²) in [7, 11) is 1.81. The number of nitriles is 1. The van der Waals surface area contributed by atoms with E-state index < -0.39 is 17.0 Å². The van der Waals surface area contributed by atoms with Crippen molar-refractivity contribution in [1.82, 2.24) is 14.9 Å². The zero-order chi connectivity index (χ0) is 32.1. The number of halogens is 2. The first-order chi connectivity index (χ1) is 21.2. The van der Waals surface area contributed by atoms with E-state index in [1.54, 1.807) is 24.0 Å². The molecule has 4 heterocycles. The lowest BCUT2D eigenvalue weighted by atomic mass is 9.72. The first kappa shape index (κ1) is 29.5. The lowest BCUT2D eigenvalue weighted by Crippen LogP contribution is -2.74. The van der Waals surface area contributed by atoms with Crippen LogP contribution in [0.3, 0.4) is 0 Å². The number of aromatic nitrogens is 2. The van der Waals surface area contributed by atoms with Crippen molar-refractivity contribution in [3.63, 3.8) is 0 Å². The first-order valence-electron chi connectivity index (χ1n) is 14.8. The molecule has 0 radical (unpaired) electrons. The maximum atomic E-state index is 15.9. The number of hydrogen-bond donors (Lipinski definition) is 2. The van der Waals surface area contributed by atoms with Crippen LogP contribution in [0.15, 0.2) is 36.4 Å². The number of fused-ring (bicyclic) bond motifs is 2. The van der Waals surface area contributed by atoms with Gasteiger partial charge in [0.2, 0.25) is 0 Å². The van der Waals surface area contributed by atoms with Crippen LogP contribution in [0.2, 0.25) is 0 Å². The molecule has 2 saturated heterocycles. The maximum absolute atomic E-state index is 15.9. The molecule has 3 aliphatic rings. The van der Waals surface area contributed by atoms with Crippen LogP contribution in [0.4, 0.5) is 25.3 Å². The molecule has 2 fully saturated rings. The highest BCUT2D eigenvalue weighted by atomic mass is 32.1. The Kier molecular flexibility index (Phi) is 6.50. The van der Waals surface area contributed by atoms with Crippen LogP contribution in [-0.4, -0.2) is 69.8 Å². The number of nitrogens with zero attached hydrogens (tertiary/aromatic N) is 6. The van der Waals surface area contributed by atoms with Crippen molar-refractivity contribution in [2.45, 2.75) is 44.8 Å². The fourth-order valence-corrected chi connectivity index (χ4v) is 7.79. The van der Waals surface area contributed by atoms with Crippen LogP contribution >= 0.6 is 11.3 Å². The number of thiazole rings is 1. The number of amides is 1. The Hall–Kier alpha value is -4.18. The van der Waals surface area contributed by atoms with E-state index in [4.69, 9.17) is 4.98 Å². The number of rotatable bonds is 5. The van der Waals surface area contributed by atoms with Gasteiger partial charge in [-0.15, -0.1) is 0 Å². The third-order valence-electron chi connectivity index (χ3n) is 9.21. The topological polar surface area (TPSA) is 117 Å². The molecular formula is C33H32F2N6O3S. The molecule has 2 aromatic heterocycles. The van der Waals surface area contributed by atoms with E-state index in [0.29, 0.717) is 82.7 Å². The maximum Gasteiger partial charge on any atom is 0.253 e. The van der Waals surface area contributed by atoms with Gasteiger partial charge < -0.3 is 24.9 Å². The zero-order valence-electron chi connectivity index (χ0n) is 25.4. The van der Waals surface area contributed by atoms with Crippen molar-refractivity contribution >= 4 is 44.7 Å². The average molecular weight is 631 g/mol. The van der Waals surface area contributed by atoms with Gasteiger partial charge in [-0.25, -0.2) is 18.7 Å². The highest BCUT2D eigenvalue weighted by Gasteiger charge is 2.54. The number of aliphatic hydroxyl groups is 2. The second-order valence-corrected chi connectivity index (χ2v) is 14.3. The van der Waals surface area contributed by atoms with Gasteiger partial charge in [-0.3, -0.25) is 4.79 Å². The van der Waals surface area contributed by atoms with E-state index in [2.05, 4.69) is 16.0 Å². The number of hydrogen-bond acceptors (Lipinski definition) is 9. The van der Waals surface area contributed by atoms with Crippen LogP contribution in [0.1, 0.15) is 43.3 Å². The van der Waals surface area contributed by atoms with Gasteiger partial charge in [0.25, 0.3) is 5.91 Å². The molecule has 2 aromatic carbocycles. The lowest BCUT2D eigenvalue weighted by molar-refractivity contribution is -0.162. The minimum Gasteiger partial charge on any atom is -0.384 e. The van der Waals surface area contributed by atoms with Crippen molar-refractivity contribution in [1.29, 1.82) is 5.26 Å². The van der Waals surface area contributed by atoms with Crippen LogP contribution in [-0.2, 0) is 16.8 Å². The molecule has 0 bridgehead atoms. The molecule has 2 aliphatic heterocycles. The summed E-state index contributed by atoms with van der Waals surface area (Å²) in [6.45, 7) is 7.03. The number of anilines is 3. The molecule has 0 saturated carbocycles. The van der Waals surface area contributed by atoms with Crippen LogP contribution in [0, 0.1) is 28.4 Å². The quantitative estimate of drug-likeness (QED) is 0.322. The number of likely N-dealkylation sites (tertiary alicyclic amines) is 1. The Labute approximate surface area is 263 Å². The Morgan fingerprint density at radius 3 is 2.47 bits per heavy atom. The summed E-state index contributed by atoms with van der Waals surface area (Å²) in [5, 5.41) is 32.2. The van der Waals surface area contributed by atoms with Crippen molar-refractivity contribution in [2.24, 2.45) is 5.41 Å². The molecular weight excluding hydrogens is 598 g/mol. The van der Waals surface area contributed by atoms with E-state index in [9.17, 15) is 24.7 Å². The first-order valence-corrected chi connectivity index (χ1v) is 15.6. The number of carbonyl (C=O) groups excluding carboxylic acids is 1. The third kappa shape index (κ3) is 4.72. The summed E-state index contributed by atoms with van der Waals surface area (Å²) in [5.74, 6) is -1.20. The highest BCUT2D eigenvalue weighted by molar-refractivity contribution is 7.16. The van der Waals surface area contributed by atoms with Gasteiger partial charge in [-0.2, -0.15) is 5.26 Å². The number of benzene rings is 2. The molecule has 9 nitrogen and oxygen atoms in total. The normalized spacial score (nSPS) is 20.2. The highest BCUT2D eigenvalue weighted by Crippen LogP contribution is 2.49. The van der Waals surface area contributed by atoms with Crippen LogP contribution < -0.4 is 9.80 Å². The predicted molar refractivity (Wildman–Crippen MR) is 167 cm³/mol. The van der Waals surface area contributed by atoms with E-state index in [1.807, 2.05) is 18.0 Å². The fourth-order valence-electron chi connectivity index (χ4n) is 6.93. The third-order valence-corrected chi connectivity index (χ3v) is 10.2. The summed E-state index contributed by atoms with van der Waals surface area (Å²) in [6.07, 6.45) is 0.952. The second-order valence-electron chi connectivity index (χ2n) is 13.3. The van der Waals surface area contributed by atoms with Gasteiger partial charge in [0.1, 0.15) is 39.2 Å². The molecule has 232 valence electrons. The van der Waals surface area contributed by atoms with Gasteiger partial charge in [0.15, 0.2) is 10.9 Å². The van der Waals surface area contributed by atoms with Gasteiger partial charge in [-0.05, 0) is 70.0 Å². The number of pyridine rings is 1. The van der Waals surface area contributed by atoms with Crippen LogP contribution in [0.5, 0.6) is 0 Å². The molecule has 1 atom stereocenters. The molecule has 2 N–H and O–H groups in total. The smallest absolute Gasteiger partial charge is 0.253 e. The summed E-state index contributed by atoms with van der Waals surface area (Å²) in [5.41, 5.74) is 1.00. The van der Waals surface area contributed by atoms with E-state index in [0.717, 1.165) is 5.56 Å². The Morgan fingerprint density at radius 1 is 1.13 bits per heavy atom. The average Bonchev–Trinajstić information content (AvgIpc) is 3.50. The summed E-state index contributed by atoms with van der Waals surface area (Å²) < 4.78 is 29.6. The van der Waals surface area contributed by atoms with E-state index in [1.165, 1.54) is 43.4 Å². The number of carbonyl (C=O) groups is 1. The van der Waals surface area contributed by atoms with Crippen molar-refractivity contribution < 1.29 is 23.8 Å². The molecule has 1 amide bonds. The Balaban J connectivity index is 1.27. The monoisotopic (exact) mass is 630 g/mol. The molecule has 0 unspecified atom stereocenters. The summed E-state index contributed by atoms with van der Waals surface area (Å²) in [4.78, 5) is 27.8. The van der Waals surface area contributed by atoms with Crippen molar-refractivity contribution in [3.8, 4) is 17.3 Å². The minimum atomic E-state index is -1.42. The molecule has 4 aromatic rings. The van der Waals surface area contributed by atoms with Gasteiger partial charge in [0, 0.05) is 60.8 Å². The van der Waals surface area contributed by atoms with Gasteiger partial charge >= 0.3 is 0 Å². The second kappa shape index (κ2) is 9.91. The van der Waals surface area contributed by atoms with Crippen molar-refractivity contribution in [3.05, 3.63) is 64.2 Å². The van der Waals surface area contributed by atoms with Gasteiger partial charge in [0.05, 0.1) is 11.4 Å². The lowest BCUT2D eigenvalue weighted by Gasteiger charge is -2.61. The van der Waals surface area contributed by atoms with Crippen LogP contribution in [0.25, 0.3) is 22.2 Å². The van der Waals surface area contributed by atoms with Crippen molar-refractivity contribution in [2.75, 3.05) is 43.0 Å². The largest absolute Gasteiger partial charge is 0.384 e.